The Labute approximate surface area is 210 Å². The van der Waals surface area contributed by atoms with E-state index in [0.717, 1.165) is 4.88 Å². The Morgan fingerprint density at radius 1 is 0.886 bits per heavy atom. The summed E-state index contributed by atoms with van der Waals surface area (Å²) in [6, 6.07) is 10.4. The van der Waals surface area contributed by atoms with E-state index in [-0.39, 0.29) is 6.54 Å². The van der Waals surface area contributed by atoms with Crippen LogP contribution in [0.5, 0.6) is 0 Å². The first-order valence-corrected chi connectivity index (χ1v) is 12.9. The van der Waals surface area contributed by atoms with Gasteiger partial charge in [-0.25, -0.2) is 4.99 Å². The quantitative estimate of drug-likeness (QED) is 0.0986. The summed E-state index contributed by atoms with van der Waals surface area (Å²) in [5, 5.41) is 2.79. The Bertz CT molecular complexity index is 1190. The zero-order valence-electron chi connectivity index (χ0n) is 17.9. The molecule has 35 heavy (non-hydrogen) atoms. The average Bonchev–Trinajstić information content (AvgIpc) is 3.45. The highest BCUT2D eigenvalue weighted by molar-refractivity contribution is 8.78. The number of nitrogens with zero attached hydrogens (tertiary/aromatic N) is 1. The maximum absolute atomic E-state index is 13.0. The number of nitrogens with one attached hydrogen (secondary N) is 1. The zero-order valence-corrected chi connectivity index (χ0v) is 20.4. The molecule has 0 radical (unpaired) electrons. The lowest BCUT2D eigenvalue weighted by molar-refractivity contribution is -0.152. The minimum absolute atomic E-state index is 0.0291. The summed E-state index contributed by atoms with van der Waals surface area (Å²) in [7, 11) is 1.00. The van der Waals surface area contributed by atoms with Gasteiger partial charge in [-0.3, -0.25) is 24.0 Å². The van der Waals surface area contributed by atoms with Gasteiger partial charge in [0, 0.05) is 6.54 Å². The van der Waals surface area contributed by atoms with Crippen molar-refractivity contribution >= 4 is 74.0 Å². The first kappa shape index (κ1) is 26.1. The molecule has 0 saturated carbocycles. The van der Waals surface area contributed by atoms with Crippen LogP contribution in [0.2, 0.25) is 0 Å². The highest BCUT2D eigenvalue weighted by Crippen LogP contribution is 2.61. The minimum atomic E-state index is -2.78. The molecular formula is C20H21N7O5S3. The molecule has 1 aromatic carbocycles. The molecule has 0 aliphatic carbocycles. The van der Waals surface area contributed by atoms with Gasteiger partial charge in [-0.15, -0.1) is 11.3 Å². The number of thiophene rings is 1. The molecule has 2 aromatic rings. The van der Waals surface area contributed by atoms with E-state index in [4.69, 9.17) is 28.7 Å². The Morgan fingerprint density at radius 2 is 1.49 bits per heavy atom. The monoisotopic (exact) mass is 535 g/mol. The van der Waals surface area contributed by atoms with Crippen LogP contribution in [-0.2, 0) is 30.5 Å². The van der Waals surface area contributed by atoms with Crippen molar-refractivity contribution in [1.29, 1.82) is 0 Å². The average molecular weight is 536 g/mol. The summed E-state index contributed by atoms with van der Waals surface area (Å²) in [6.07, 6.45) is 0. The van der Waals surface area contributed by atoms with Crippen LogP contribution in [0.15, 0.2) is 46.8 Å². The Morgan fingerprint density at radius 3 is 1.97 bits per heavy atom. The first-order chi connectivity index (χ1) is 16.5. The van der Waals surface area contributed by atoms with Crippen LogP contribution in [0.4, 0.5) is 5.69 Å². The number of amides is 5. The van der Waals surface area contributed by atoms with Gasteiger partial charge >= 0.3 is 0 Å². The van der Waals surface area contributed by atoms with Crippen molar-refractivity contribution in [3.05, 3.63) is 52.2 Å². The summed E-state index contributed by atoms with van der Waals surface area (Å²) < 4.78 is -2.64. The molecule has 1 aromatic heterocycles. The maximum atomic E-state index is 13.0. The van der Waals surface area contributed by atoms with Crippen LogP contribution >= 0.6 is 32.9 Å². The van der Waals surface area contributed by atoms with Gasteiger partial charge < -0.3 is 34.0 Å². The SMILES string of the molecule is NC(=O)C1(C(N)=O)SSC(C(=O)NCc2ccc(N=C(N)c3cccs3)cc2)C1(C(N)=O)C(N)=O. The van der Waals surface area contributed by atoms with Crippen molar-refractivity contribution in [2.75, 3.05) is 0 Å². The topological polar surface area (TPSA) is 240 Å². The summed E-state index contributed by atoms with van der Waals surface area (Å²) in [5.74, 6) is -6.26. The van der Waals surface area contributed by atoms with Crippen LogP contribution in [0.25, 0.3) is 0 Å². The van der Waals surface area contributed by atoms with Gasteiger partial charge in [-0.1, -0.05) is 39.8 Å². The number of carbonyl (C=O) groups is 5. The maximum Gasteiger partial charge on any atom is 0.245 e. The summed E-state index contributed by atoms with van der Waals surface area (Å²) >= 11 is 1.45. The van der Waals surface area contributed by atoms with Gasteiger partial charge in [-0.05, 0) is 29.1 Å². The van der Waals surface area contributed by atoms with E-state index < -0.39 is 44.9 Å². The Hall–Kier alpha value is -3.56. The van der Waals surface area contributed by atoms with Crippen molar-refractivity contribution < 1.29 is 24.0 Å². The number of rotatable bonds is 9. The summed E-state index contributed by atoms with van der Waals surface area (Å²) in [5.41, 5.74) is 26.0. The molecule has 184 valence electrons. The van der Waals surface area contributed by atoms with E-state index in [1.807, 2.05) is 17.5 Å². The van der Waals surface area contributed by atoms with E-state index in [9.17, 15) is 24.0 Å². The second-order valence-corrected chi connectivity index (χ2v) is 10.8. The van der Waals surface area contributed by atoms with Crippen LogP contribution in [0.1, 0.15) is 10.4 Å². The van der Waals surface area contributed by atoms with E-state index in [0.29, 0.717) is 38.7 Å². The molecule has 0 bridgehead atoms. The highest BCUT2D eigenvalue weighted by Gasteiger charge is 2.77. The molecule has 12 nitrogen and oxygen atoms in total. The molecule has 1 fully saturated rings. The third kappa shape index (κ3) is 4.33. The number of carbonyl (C=O) groups excluding carboxylic acids is 5. The smallest absolute Gasteiger partial charge is 0.245 e. The fourth-order valence-electron chi connectivity index (χ4n) is 3.59. The first-order valence-electron chi connectivity index (χ1n) is 9.77. The largest absolute Gasteiger partial charge is 0.383 e. The van der Waals surface area contributed by atoms with Crippen LogP contribution < -0.4 is 34.0 Å². The molecule has 5 amide bonds. The normalized spacial score (nSPS) is 18.5. The fourth-order valence-corrected chi connectivity index (χ4v) is 8.18. The number of benzene rings is 1. The molecule has 1 atom stereocenters. The predicted octanol–water partition coefficient (Wildman–Crippen LogP) is -1.17. The van der Waals surface area contributed by atoms with Gasteiger partial charge in [0.2, 0.25) is 34.3 Å². The lowest BCUT2D eigenvalue weighted by Crippen LogP contribution is -2.72. The Kier molecular flexibility index (Phi) is 7.42. The summed E-state index contributed by atoms with van der Waals surface area (Å²) in [6.45, 7) is -0.0291. The predicted molar refractivity (Wildman–Crippen MR) is 134 cm³/mol. The van der Waals surface area contributed by atoms with Crippen LogP contribution in [0, 0.1) is 5.41 Å². The lowest BCUT2D eigenvalue weighted by Gasteiger charge is -2.37. The minimum Gasteiger partial charge on any atom is -0.383 e. The van der Waals surface area contributed by atoms with Crippen LogP contribution in [-0.4, -0.2) is 45.4 Å². The molecular weight excluding hydrogens is 514 g/mol. The molecule has 0 spiro atoms. The van der Waals surface area contributed by atoms with Crippen LogP contribution in [0.3, 0.4) is 0 Å². The number of nitrogens with two attached hydrogens (primary N) is 5. The third-order valence-corrected chi connectivity index (χ3v) is 9.69. The molecule has 15 heteroatoms. The molecule has 3 rings (SSSR count). The zero-order chi connectivity index (χ0) is 26.0. The van der Waals surface area contributed by atoms with Gasteiger partial charge in [-0.2, -0.15) is 0 Å². The van der Waals surface area contributed by atoms with Gasteiger partial charge in [0.05, 0.1) is 10.6 Å². The lowest BCUT2D eigenvalue weighted by atomic mass is 9.69. The third-order valence-electron chi connectivity index (χ3n) is 5.35. The fraction of sp³-hybridized carbons (Fsp3) is 0.200. The van der Waals surface area contributed by atoms with Crippen molar-refractivity contribution in [3.8, 4) is 0 Å². The van der Waals surface area contributed by atoms with Gasteiger partial charge in [0.15, 0.2) is 5.41 Å². The van der Waals surface area contributed by atoms with Crippen molar-refractivity contribution in [2.45, 2.75) is 16.5 Å². The van der Waals surface area contributed by atoms with Crippen molar-refractivity contribution in [3.63, 3.8) is 0 Å². The second kappa shape index (κ2) is 9.97. The van der Waals surface area contributed by atoms with Gasteiger partial charge in [0.1, 0.15) is 11.1 Å². The van der Waals surface area contributed by atoms with E-state index in [1.165, 1.54) is 11.3 Å². The molecule has 11 N–H and O–H groups in total. The van der Waals surface area contributed by atoms with E-state index >= 15 is 0 Å². The number of primary amides is 4. The molecule has 2 heterocycles. The highest BCUT2D eigenvalue weighted by atomic mass is 33.1. The number of aliphatic imine (C=N–C) groups is 1. The van der Waals surface area contributed by atoms with Gasteiger partial charge in [0.25, 0.3) is 0 Å². The number of hydrogen-bond acceptors (Lipinski definition) is 9. The molecule has 1 saturated heterocycles. The standard InChI is InChI=1S/C20H21N7O5S3/c21-13(11-2-1-7-33-11)27-10-5-3-9(4-6-10)8-26-14(28)12-19(15(22)29,16(23)30)20(17(24)31,18(25)32)35-34-12/h1-7,12H,8H2,(H2,21,27)(H2,22,29)(H2,23,30)(H2,24,31)(H2,25,32)(H,26,28). The second-order valence-electron chi connectivity index (χ2n) is 7.36. The van der Waals surface area contributed by atoms with E-state index in [2.05, 4.69) is 10.3 Å². The molecule has 1 unspecified atom stereocenters. The van der Waals surface area contributed by atoms with Crippen molar-refractivity contribution in [2.24, 2.45) is 39.1 Å². The molecule has 1 aliphatic rings. The number of amidine groups is 1. The number of hydrogen-bond donors (Lipinski definition) is 6. The van der Waals surface area contributed by atoms with Crippen molar-refractivity contribution in [1.82, 2.24) is 5.32 Å². The molecule has 1 aliphatic heterocycles. The van der Waals surface area contributed by atoms with E-state index in [1.54, 1.807) is 24.3 Å². The Balaban J connectivity index is 1.81. The summed E-state index contributed by atoms with van der Waals surface area (Å²) in [4.78, 5) is 67.6.